The number of amides is 2. The summed E-state index contributed by atoms with van der Waals surface area (Å²) >= 11 is 0. The summed E-state index contributed by atoms with van der Waals surface area (Å²) in [6.07, 6.45) is 9.19. The fraction of sp³-hybridized carbons (Fsp3) is 0.583. The molecule has 1 unspecified atom stereocenters. The highest BCUT2D eigenvalue weighted by atomic mass is 16.2. The van der Waals surface area contributed by atoms with Crippen LogP contribution in [0, 0.1) is 17.3 Å². The Morgan fingerprint density at radius 2 is 1.91 bits per heavy atom. The molecule has 9 heteroatoms. The molecule has 2 amide bonds. The summed E-state index contributed by atoms with van der Waals surface area (Å²) in [4.78, 5) is 50.6. The van der Waals surface area contributed by atoms with Crippen LogP contribution >= 0.6 is 0 Å². The van der Waals surface area contributed by atoms with E-state index >= 15 is 0 Å². The third-order valence-corrected chi connectivity index (χ3v) is 6.62. The van der Waals surface area contributed by atoms with Gasteiger partial charge in [0.2, 0.25) is 5.91 Å². The molecular weight excluding hydrogens is 420 g/mol. The van der Waals surface area contributed by atoms with Gasteiger partial charge in [0.1, 0.15) is 17.6 Å². The minimum atomic E-state index is -0.390. The Morgan fingerprint density at radius 3 is 2.58 bits per heavy atom. The minimum absolute atomic E-state index is 0.0672. The summed E-state index contributed by atoms with van der Waals surface area (Å²) in [5, 5.41) is 4.19. The normalized spacial score (nSPS) is 21.2. The number of ketones is 1. The highest BCUT2D eigenvalue weighted by Crippen LogP contribution is 2.31. The Bertz CT molecular complexity index is 1040. The van der Waals surface area contributed by atoms with Crippen LogP contribution in [0.5, 0.6) is 0 Å². The summed E-state index contributed by atoms with van der Waals surface area (Å²) in [7, 11) is 1.87. The maximum Gasteiger partial charge on any atom is 0.262 e. The van der Waals surface area contributed by atoms with Gasteiger partial charge in [-0.25, -0.2) is 4.99 Å². The Morgan fingerprint density at radius 1 is 1.18 bits per heavy atom. The van der Waals surface area contributed by atoms with Crippen molar-refractivity contribution < 1.29 is 14.4 Å². The van der Waals surface area contributed by atoms with Gasteiger partial charge < -0.3 is 9.80 Å². The Balaban J connectivity index is 1.31. The van der Waals surface area contributed by atoms with E-state index in [0.717, 1.165) is 6.54 Å². The van der Waals surface area contributed by atoms with Gasteiger partial charge in [0.05, 0.1) is 11.8 Å². The Kier molecular flexibility index (Phi) is 6.32. The lowest BCUT2D eigenvalue weighted by Crippen LogP contribution is -2.42. The summed E-state index contributed by atoms with van der Waals surface area (Å²) in [6.45, 7) is 7.88. The molecule has 1 atom stereocenters. The average Bonchev–Trinajstić information content (AvgIpc) is 3.40. The van der Waals surface area contributed by atoms with Gasteiger partial charge in [-0.3, -0.25) is 19.1 Å². The lowest BCUT2D eigenvalue weighted by atomic mass is 9.83. The predicted octanol–water partition coefficient (Wildman–Crippen LogP) is 2.54. The molecule has 1 aromatic rings. The third kappa shape index (κ3) is 4.96. The zero-order valence-corrected chi connectivity index (χ0v) is 19.8. The van der Waals surface area contributed by atoms with Crippen molar-refractivity contribution in [3.05, 3.63) is 30.2 Å². The van der Waals surface area contributed by atoms with Crippen LogP contribution in [-0.4, -0.2) is 69.0 Å². The van der Waals surface area contributed by atoms with E-state index in [2.05, 4.69) is 15.1 Å². The average molecular weight is 453 g/mol. The summed E-state index contributed by atoms with van der Waals surface area (Å²) in [5.74, 6) is 0.709. The molecule has 4 rings (SSSR count). The first-order chi connectivity index (χ1) is 15.7. The van der Waals surface area contributed by atoms with E-state index in [1.807, 2.05) is 43.8 Å². The zero-order valence-electron chi connectivity index (χ0n) is 19.8. The van der Waals surface area contributed by atoms with Gasteiger partial charge in [-0.05, 0) is 31.3 Å². The van der Waals surface area contributed by atoms with Crippen LogP contribution in [0.2, 0.25) is 0 Å². The summed E-state index contributed by atoms with van der Waals surface area (Å²) in [5.41, 5.74) is 0.261. The number of amidine groups is 2. The number of aryl methyl sites for hydroxylation is 1. The van der Waals surface area contributed by atoms with E-state index < -0.39 is 0 Å². The van der Waals surface area contributed by atoms with Gasteiger partial charge in [-0.2, -0.15) is 10.1 Å². The molecule has 1 saturated heterocycles. The van der Waals surface area contributed by atoms with Crippen molar-refractivity contribution in [2.24, 2.45) is 27.2 Å². The summed E-state index contributed by atoms with van der Waals surface area (Å²) < 4.78 is 1.75. The number of piperidine rings is 1. The van der Waals surface area contributed by atoms with Gasteiger partial charge in [0, 0.05) is 57.8 Å². The van der Waals surface area contributed by atoms with Crippen LogP contribution < -0.4 is 0 Å². The van der Waals surface area contributed by atoms with E-state index in [1.54, 1.807) is 23.2 Å². The molecular formula is C24H32N6O3. The molecule has 9 nitrogen and oxygen atoms in total. The molecule has 0 aromatic carbocycles. The van der Waals surface area contributed by atoms with Crippen LogP contribution in [-0.2, 0) is 16.1 Å². The number of rotatable bonds is 7. The number of aliphatic imine (C=N–C) groups is 2. The van der Waals surface area contributed by atoms with Crippen molar-refractivity contribution in [3.63, 3.8) is 0 Å². The Hall–Kier alpha value is -3.10. The third-order valence-electron chi connectivity index (χ3n) is 6.62. The predicted molar refractivity (Wildman–Crippen MR) is 125 cm³/mol. The number of carbonyl (C=O) groups excluding carboxylic acids is 3. The molecule has 33 heavy (non-hydrogen) atoms. The second-order valence-corrected chi connectivity index (χ2v) is 9.89. The van der Waals surface area contributed by atoms with E-state index in [0.29, 0.717) is 56.0 Å². The number of Topliss-reactive ketones (excluding diaryl/α,β-unsaturated/α-hetero) is 1. The molecule has 176 valence electrons. The molecule has 0 radical (unpaired) electrons. The van der Waals surface area contributed by atoms with Gasteiger partial charge in [0.15, 0.2) is 5.78 Å². The SMILES string of the molecule is CCn1cc(C(=O)C2CCN(C(=O)CC(C)(C)CC3=NC(=O)C4C=CN(C)C4=N3)CC2)cn1. The molecule has 1 aromatic heterocycles. The number of aromatic nitrogens is 2. The quantitative estimate of drug-likeness (QED) is 0.592. The number of likely N-dealkylation sites (tertiary alicyclic amines) is 1. The standard InChI is InChI=1S/C24H32N6O3/c1-5-30-15-17(14-25-30)21(32)16-6-10-29(11-7-16)20(31)13-24(2,3)12-19-26-22-18(23(33)27-19)8-9-28(22)4/h8-9,14-16,18H,5-7,10-13H2,1-4H3. The lowest BCUT2D eigenvalue weighted by molar-refractivity contribution is -0.134. The number of nitrogens with zero attached hydrogens (tertiary/aromatic N) is 6. The smallest absolute Gasteiger partial charge is 0.262 e. The second-order valence-electron chi connectivity index (χ2n) is 9.89. The maximum atomic E-state index is 13.0. The Labute approximate surface area is 194 Å². The first-order valence-electron chi connectivity index (χ1n) is 11.6. The second kappa shape index (κ2) is 9.03. The number of hydrogen-bond acceptors (Lipinski definition) is 6. The molecule has 0 bridgehead atoms. The van der Waals surface area contributed by atoms with Gasteiger partial charge in [-0.1, -0.05) is 13.8 Å². The van der Waals surface area contributed by atoms with Crippen molar-refractivity contribution in [2.75, 3.05) is 20.1 Å². The monoisotopic (exact) mass is 452 g/mol. The number of carbonyl (C=O) groups is 3. The maximum absolute atomic E-state index is 13.0. The molecule has 0 aliphatic carbocycles. The molecule has 0 saturated carbocycles. The van der Waals surface area contributed by atoms with Crippen molar-refractivity contribution in [3.8, 4) is 0 Å². The summed E-state index contributed by atoms with van der Waals surface area (Å²) in [6, 6.07) is 0. The topological polar surface area (TPSA) is 100 Å². The van der Waals surface area contributed by atoms with Crippen LogP contribution in [0.4, 0.5) is 0 Å². The number of fused-ring (bicyclic) bond motifs is 1. The molecule has 4 heterocycles. The van der Waals surface area contributed by atoms with Crippen molar-refractivity contribution in [1.29, 1.82) is 0 Å². The van der Waals surface area contributed by atoms with E-state index in [-0.39, 0.29) is 34.8 Å². The fourth-order valence-electron chi connectivity index (χ4n) is 4.67. The highest BCUT2D eigenvalue weighted by molar-refractivity contribution is 6.17. The first kappa shape index (κ1) is 23.1. The van der Waals surface area contributed by atoms with Crippen molar-refractivity contribution in [1.82, 2.24) is 19.6 Å². The number of hydrogen-bond donors (Lipinski definition) is 0. The van der Waals surface area contributed by atoms with Crippen LogP contribution in [0.1, 0.15) is 56.8 Å². The van der Waals surface area contributed by atoms with Gasteiger partial charge >= 0.3 is 0 Å². The van der Waals surface area contributed by atoms with Gasteiger partial charge in [-0.15, -0.1) is 0 Å². The largest absolute Gasteiger partial charge is 0.343 e. The van der Waals surface area contributed by atoms with E-state index in [1.165, 1.54) is 0 Å². The van der Waals surface area contributed by atoms with Crippen LogP contribution in [0.15, 0.2) is 34.7 Å². The van der Waals surface area contributed by atoms with E-state index in [9.17, 15) is 14.4 Å². The van der Waals surface area contributed by atoms with Crippen molar-refractivity contribution in [2.45, 2.75) is 53.0 Å². The lowest BCUT2D eigenvalue weighted by Gasteiger charge is -2.34. The molecule has 3 aliphatic heterocycles. The zero-order chi connectivity index (χ0) is 23.8. The minimum Gasteiger partial charge on any atom is -0.343 e. The van der Waals surface area contributed by atoms with Crippen LogP contribution in [0.25, 0.3) is 0 Å². The molecule has 0 N–H and O–H groups in total. The van der Waals surface area contributed by atoms with E-state index in [4.69, 9.17) is 0 Å². The molecule has 3 aliphatic rings. The highest BCUT2D eigenvalue weighted by Gasteiger charge is 2.35. The fourth-order valence-corrected chi connectivity index (χ4v) is 4.67. The first-order valence-corrected chi connectivity index (χ1v) is 11.6. The molecule has 0 spiro atoms. The van der Waals surface area contributed by atoms with Gasteiger partial charge in [0.25, 0.3) is 5.91 Å². The molecule has 1 fully saturated rings. The van der Waals surface area contributed by atoms with Crippen LogP contribution in [0.3, 0.4) is 0 Å². The van der Waals surface area contributed by atoms with Crippen molar-refractivity contribution >= 4 is 29.3 Å².